The van der Waals surface area contributed by atoms with Crippen LogP contribution in [0.4, 0.5) is 5.69 Å². The number of allylic oxidation sites excluding steroid dienone is 3. The van der Waals surface area contributed by atoms with Gasteiger partial charge in [-0.3, -0.25) is 9.59 Å². The zero-order valence-corrected chi connectivity index (χ0v) is 15.6. The molecule has 0 aliphatic carbocycles. The summed E-state index contributed by atoms with van der Waals surface area (Å²) in [5, 5.41) is 0. The Morgan fingerprint density at radius 2 is 1.69 bits per heavy atom. The SMILES string of the molecule is C\C=C/C(=C/C(C)=O)/N=C(\C)N1CCN(c2ccc(C(N)=O)cc2)CC1. The Labute approximate surface area is 154 Å². The average Bonchev–Trinajstić information content (AvgIpc) is 2.61. The molecule has 1 saturated heterocycles. The number of amides is 1. The standard InChI is InChI=1S/C20H26N4O2/c1-4-5-18(14-15(2)25)22-16(3)23-10-12-24(13-11-23)19-8-6-17(7-9-19)20(21)26/h4-9,14H,10-13H2,1-3H3,(H2,21,26)/b5-4-,18-14-,22-16+. The summed E-state index contributed by atoms with van der Waals surface area (Å²) in [5.41, 5.74) is 7.55. The van der Waals surface area contributed by atoms with Gasteiger partial charge in [0.25, 0.3) is 0 Å². The van der Waals surface area contributed by atoms with Gasteiger partial charge in [-0.1, -0.05) is 6.08 Å². The smallest absolute Gasteiger partial charge is 0.248 e. The second kappa shape index (κ2) is 8.99. The van der Waals surface area contributed by atoms with Crippen LogP contribution in [0.3, 0.4) is 0 Å². The lowest BCUT2D eigenvalue weighted by Crippen LogP contribution is -2.48. The van der Waals surface area contributed by atoms with Crippen LogP contribution in [0.25, 0.3) is 0 Å². The van der Waals surface area contributed by atoms with E-state index in [0.29, 0.717) is 11.3 Å². The molecule has 6 nitrogen and oxygen atoms in total. The van der Waals surface area contributed by atoms with Crippen LogP contribution in [0.5, 0.6) is 0 Å². The number of carbonyl (C=O) groups is 2. The molecular formula is C20H26N4O2. The largest absolute Gasteiger partial charge is 0.368 e. The second-order valence-electron chi connectivity index (χ2n) is 6.22. The Hall–Kier alpha value is -2.89. The Balaban J connectivity index is 2.01. The molecule has 0 saturated carbocycles. The molecule has 138 valence electrons. The number of ketones is 1. The van der Waals surface area contributed by atoms with Crippen LogP contribution in [-0.2, 0) is 4.79 Å². The van der Waals surface area contributed by atoms with Gasteiger partial charge >= 0.3 is 0 Å². The van der Waals surface area contributed by atoms with Crippen molar-refractivity contribution in [2.24, 2.45) is 10.7 Å². The van der Waals surface area contributed by atoms with Gasteiger partial charge in [-0.25, -0.2) is 4.99 Å². The summed E-state index contributed by atoms with van der Waals surface area (Å²) in [7, 11) is 0. The van der Waals surface area contributed by atoms with E-state index in [1.165, 1.54) is 6.92 Å². The Morgan fingerprint density at radius 1 is 1.08 bits per heavy atom. The van der Waals surface area contributed by atoms with Gasteiger partial charge < -0.3 is 15.5 Å². The molecule has 6 heteroatoms. The minimum atomic E-state index is -0.413. The van der Waals surface area contributed by atoms with E-state index in [2.05, 4.69) is 14.8 Å². The number of nitrogens with zero attached hydrogens (tertiary/aromatic N) is 3. The highest BCUT2D eigenvalue weighted by Gasteiger charge is 2.18. The van der Waals surface area contributed by atoms with E-state index in [-0.39, 0.29) is 5.78 Å². The first kappa shape index (κ1) is 19.4. The van der Waals surface area contributed by atoms with Crippen LogP contribution in [0.1, 0.15) is 31.1 Å². The third-order valence-corrected chi connectivity index (χ3v) is 4.23. The molecule has 0 atom stereocenters. The lowest BCUT2D eigenvalue weighted by Gasteiger charge is -2.37. The summed E-state index contributed by atoms with van der Waals surface area (Å²) in [6, 6.07) is 7.37. The van der Waals surface area contributed by atoms with Crippen molar-refractivity contribution in [3.05, 3.63) is 53.8 Å². The number of amidine groups is 1. The van der Waals surface area contributed by atoms with Gasteiger partial charge in [0.15, 0.2) is 5.78 Å². The molecule has 1 amide bonds. The monoisotopic (exact) mass is 354 g/mol. The molecule has 0 aromatic heterocycles. The average molecular weight is 354 g/mol. The number of carbonyl (C=O) groups excluding carboxylic acids is 2. The van der Waals surface area contributed by atoms with Crippen LogP contribution >= 0.6 is 0 Å². The fourth-order valence-electron chi connectivity index (χ4n) is 2.88. The number of anilines is 1. The van der Waals surface area contributed by atoms with Crippen molar-refractivity contribution in [1.29, 1.82) is 0 Å². The summed E-state index contributed by atoms with van der Waals surface area (Å²) in [5.74, 6) is 0.474. The van der Waals surface area contributed by atoms with Crippen molar-refractivity contribution >= 4 is 23.2 Å². The molecule has 1 fully saturated rings. The lowest BCUT2D eigenvalue weighted by atomic mass is 10.1. The Bertz CT molecular complexity index is 740. The van der Waals surface area contributed by atoms with Gasteiger partial charge in [-0.15, -0.1) is 0 Å². The van der Waals surface area contributed by atoms with E-state index in [9.17, 15) is 9.59 Å². The van der Waals surface area contributed by atoms with Crippen LogP contribution in [-0.4, -0.2) is 48.6 Å². The second-order valence-corrected chi connectivity index (χ2v) is 6.22. The number of hydrogen-bond donors (Lipinski definition) is 1. The lowest BCUT2D eigenvalue weighted by molar-refractivity contribution is -0.112. The van der Waals surface area contributed by atoms with Crippen molar-refractivity contribution in [1.82, 2.24) is 4.90 Å². The molecule has 1 heterocycles. The molecule has 1 aromatic rings. The van der Waals surface area contributed by atoms with Gasteiger partial charge in [-0.2, -0.15) is 0 Å². The molecule has 2 N–H and O–H groups in total. The maximum Gasteiger partial charge on any atom is 0.248 e. The summed E-state index contributed by atoms with van der Waals surface area (Å²) in [4.78, 5) is 31.6. The summed E-state index contributed by atoms with van der Waals surface area (Å²) >= 11 is 0. The molecule has 0 bridgehead atoms. The number of piperazine rings is 1. The molecular weight excluding hydrogens is 328 g/mol. The van der Waals surface area contributed by atoms with Crippen LogP contribution in [0.2, 0.25) is 0 Å². The maximum absolute atomic E-state index is 11.3. The zero-order chi connectivity index (χ0) is 19.1. The van der Waals surface area contributed by atoms with Crippen molar-refractivity contribution in [2.75, 3.05) is 31.1 Å². The predicted molar refractivity (Wildman–Crippen MR) is 105 cm³/mol. The highest BCUT2D eigenvalue weighted by atomic mass is 16.1. The van der Waals surface area contributed by atoms with E-state index in [0.717, 1.165) is 37.7 Å². The molecule has 26 heavy (non-hydrogen) atoms. The fourth-order valence-corrected chi connectivity index (χ4v) is 2.88. The van der Waals surface area contributed by atoms with E-state index in [4.69, 9.17) is 5.73 Å². The fraction of sp³-hybridized carbons (Fsp3) is 0.350. The van der Waals surface area contributed by atoms with Gasteiger partial charge in [-0.05, 0) is 51.1 Å². The summed E-state index contributed by atoms with van der Waals surface area (Å²) in [6.07, 6.45) is 5.25. The number of hydrogen-bond acceptors (Lipinski definition) is 4. The van der Waals surface area contributed by atoms with Crippen molar-refractivity contribution in [2.45, 2.75) is 20.8 Å². The number of benzene rings is 1. The molecule has 0 unspecified atom stereocenters. The van der Waals surface area contributed by atoms with Crippen molar-refractivity contribution in [3.8, 4) is 0 Å². The molecule has 1 aliphatic rings. The van der Waals surface area contributed by atoms with E-state index in [1.807, 2.05) is 38.1 Å². The molecule has 1 aliphatic heterocycles. The zero-order valence-electron chi connectivity index (χ0n) is 15.6. The predicted octanol–water partition coefficient (Wildman–Crippen LogP) is 2.37. The van der Waals surface area contributed by atoms with Gasteiger partial charge in [0, 0.05) is 43.5 Å². The van der Waals surface area contributed by atoms with Crippen LogP contribution in [0, 0.1) is 0 Å². The highest BCUT2D eigenvalue weighted by Crippen LogP contribution is 2.18. The molecule has 1 aromatic carbocycles. The first-order valence-corrected chi connectivity index (χ1v) is 8.70. The molecule has 0 radical (unpaired) electrons. The third kappa shape index (κ3) is 5.31. The van der Waals surface area contributed by atoms with E-state index >= 15 is 0 Å². The number of nitrogens with two attached hydrogens (primary N) is 1. The van der Waals surface area contributed by atoms with Crippen molar-refractivity contribution in [3.63, 3.8) is 0 Å². The summed E-state index contributed by atoms with van der Waals surface area (Å²) in [6.45, 7) is 8.80. The highest BCUT2D eigenvalue weighted by molar-refractivity contribution is 5.93. The number of aliphatic imine (C=N–C) groups is 1. The molecule has 0 spiro atoms. The maximum atomic E-state index is 11.3. The first-order chi connectivity index (χ1) is 12.4. The number of primary amides is 1. The van der Waals surface area contributed by atoms with Gasteiger partial charge in [0.2, 0.25) is 5.91 Å². The summed E-state index contributed by atoms with van der Waals surface area (Å²) < 4.78 is 0. The van der Waals surface area contributed by atoms with E-state index < -0.39 is 5.91 Å². The van der Waals surface area contributed by atoms with E-state index in [1.54, 1.807) is 18.2 Å². The van der Waals surface area contributed by atoms with Crippen molar-refractivity contribution < 1.29 is 9.59 Å². The topological polar surface area (TPSA) is 79.0 Å². The Kier molecular flexibility index (Phi) is 6.72. The van der Waals surface area contributed by atoms with Crippen LogP contribution < -0.4 is 10.6 Å². The normalized spacial score (nSPS) is 16.3. The number of rotatable bonds is 5. The Morgan fingerprint density at radius 3 is 2.19 bits per heavy atom. The minimum Gasteiger partial charge on any atom is -0.368 e. The quantitative estimate of drug-likeness (QED) is 0.381. The van der Waals surface area contributed by atoms with Crippen LogP contribution in [0.15, 0.2) is 53.2 Å². The minimum absolute atomic E-state index is 0.0149. The third-order valence-electron chi connectivity index (χ3n) is 4.23. The van der Waals surface area contributed by atoms with Gasteiger partial charge in [0.1, 0.15) is 5.84 Å². The van der Waals surface area contributed by atoms with Gasteiger partial charge in [0.05, 0.1) is 5.70 Å². The first-order valence-electron chi connectivity index (χ1n) is 8.70. The molecule has 2 rings (SSSR count).